The van der Waals surface area contributed by atoms with Gasteiger partial charge in [-0.1, -0.05) is 24.3 Å². The molecular formula is C20H30ClN3O. The molecule has 138 valence electrons. The van der Waals surface area contributed by atoms with Crippen LogP contribution < -0.4 is 5.32 Å². The maximum Gasteiger partial charge on any atom is 0.240 e. The zero-order chi connectivity index (χ0) is 16.4. The Balaban J connectivity index is 0.00000182. The van der Waals surface area contributed by atoms with Gasteiger partial charge in [-0.3, -0.25) is 9.69 Å². The summed E-state index contributed by atoms with van der Waals surface area (Å²) >= 11 is 0. The number of nitrogens with one attached hydrogen (secondary N) is 1. The molecule has 5 heteroatoms. The fourth-order valence-corrected chi connectivity index (χ4v) is 4.56. The maximum absolute atomic E-state index is 13.1. The lowest BCUT2D eigenvalue weighted by Gasteiger charge is -2.40. The molecule has 0 aliphatic carbocycles. The quantitative estimate of drug-likeness (QED) is 0.896. The van der Waals surface area contributed by atoms with E-state index in [0.717, 1.165) is 51.6 Å². The Bertz CT molecular complexity index is 582. The van der Waals surface area contributed by atoms with Gasteiger partial charge in [0.1, 0.15) is 0 Å². The van der Waals surface area contributed by atoms with Gasteiger partial charge in [0.2, 0.25) is 5.91 Å². The molecule has 0 radical (unpaired) electrons. The zero-order valence-corrected chi connectivity index (χ0v) is 15.8. The van der Waals surface area contributed by atoms with E-state index in [4.69, 9.17) is 0 Å². The van der Waals surface area contributed by atoms with Crippen molar-refractivity contribution in [2.24, 2.45) is 5.92 Å². The lowest BCUT2D eigenvalue weighted by molar-refractivity contribution is -0.137. The van der Waals surface area contributed by atoms with E-state index in [1.54, 1.807) is 0 Å². The van der Waals surface area contributed by atoms with E-state index < -0.39 is 0 Å². The minimum absolute atomic E-state index is 0. The summed E-state index contributed by atoms with van der Waals surface area (Å²) in [5, 5.41) is 3.45. The monoisotopic (exact) mass is 363 g/mol. The number of amides is 1. The summed E-state index contributed by atoms with van der Waals surface area (Å²) in [6.45, 7) is 6.17. The molecule has 3 aliphatic heterocycles. The molecule has 1 aromatic carbocycles. The van der Waals surface area contributed by atoms with Gasteiger partial charge in [-0.25, -0.2) is 0 Å². The summed E-state index contributed by atoms with van der Waals surface area (Å²) in [5.41, 5.74) is 2.79. The predicted octanol–water partition coefficient (Wildman–Crippen LogP) is 2.46. The van der Waals surface area contributed by atoms with Gasteiger partial charge in [-0.05, 0) is 62.2 Å². The van der Waals surface area contributed by atoms with Gasteiger partial charge in [0.15, 0.2) is 0 Å². The molecule has 0 aromatic heterocycles. The SMILES string of the molecule is Cl.O=C(C1Cc2ccccc2CN1CC1CCNCC1)N1CCCC1. The molecule has 3 heterocycles. The van der Waals surface area contributed by atoms with Crippen molar-refractivity contribution >= 4 is 18.3 Å². The van der Waals surface area contributed by atoms with E-state index >= 15 is 0 Å². The van der Waals surface area contributed by atoms with Gasteiger partial charge in [0.05, 0.1) is 6.04 Å². The minimum atomic E-state index is 0. The van der Waals surface area contributed by atoms with Gasteiger partial charge < -0.3 is 10.2 Å². The second kappa shape index (κ2) is 8.52. The van der Waals surface area contributed by atoms with Crippen molar-refractivity contribution in [3.8, 4) is 0 Å². The highest BCUT2D eigenvalue weighted by atomic mass is 35.5. The molecule has 0 spiro atoms. The van der Waals surface area contributed by atoms with Crippen molar-refractivity contribution in [1.29, 1.82) is 0 Å². The molecule has 3 aliphatic rings. The molecule has 1 unspecified atom stereocenters. The van der Waals surface area contributed by atoms with Crippen LogP contribution in [0, 0.1) is 5.92 Å². The highest BCUT2D eigenvalue weighted by Gasteiger charge is 2.35. The topological polar surface area (TPSA) is 35.6 Å². The molecule has 1 aromatic rings. The number of piperidine rings is 1. The summed E-state index contributed by atoms with van der Waals surface area (Å²) in [6, 6.07) is 8.74. The molecule has 2 fully saturated rings. The zero-order valence-electron chi connectivity index (χ0n) is 15.0. The van der Waals surface area contributed by atoms with E-state index in [9.17, 15) is 4.79 Å². The van der Waals surface area contributed by atoms with Crippen LogP contribution in [-0.4, -0.2) is 54.5 Å². The van der Waals surface area contributed by atoms with Gasteiger partial charge in [-0.2, -0.15) is 0 Å². The predicted molar refractivity (Wildman–Crippen MR) is 103 cm³/mol. The van der Waals surface area contributed by atoms with Crippen LogP contribution in [0.2, 0.25) is 0 Å². The summed E-state index contributed by atoms with van der Waals surface area (Å²) in [5.74, 6) is 1.10. The van der Waals surface area contributed by atoms with E-state index in [1.165, 1.54) is 36.8 Å². The van der Waals surface area contributed by atoms with Crippen LogP contribution in [0.4, 0.5) is 0 Å². The number of carbonyl (C=O) groups excluding carboxylic acids is 1. The Morgan fingerprint density at radius 3 is 2.48 bits per heavy atom. The molecule has 0 bridgehead atoms. The van der Waals surface area contributed by atoms with E-state index in [-0.39, 0.29) is 18.4 Å². The first-order chi connectivity index (χ1) is 11.8. The Hall–Kier alpha value is -1.10. The molecule has 1 N–H and O–H groups in total. The number of rotatable bonds is 3. The first-order valence-electron chi connectivity index (χ1n) is 9.61. The number of hydrogen-bond acceptors (Lipinski definition) is 3. The molecule has 4 rings (SSSR count). The Morgan fingerprint density at radius 2 is 1.76 bits per heavy atom. The van der Waals surface area contributed by atoms with Crippen molar-refractivity contribution in [2.45, 2.75) is 44.7 Å². The molecule has 1 amide bonds. The number of halogens is 1. The van der Waals surface area contributed by atoms with Crippen molar-refractivity contribution < 1.29 is 4.79 Å². The highest BCUT2D eigenvalue weighted by Crippen LogP contribution is 2.27. The van der Waals surface area contributed by atoms with E-state index in [2.05, 4.69) is 39.4 Å². The van der Waals surface area contributed by atoms with Crippen LogP contribution in [0.1, 0.15) is 36.8 Å². The second-order valence-electron chi connectivity index (χ2n) is 7.64. The number of hydrogen-bond donors (Lipinski definition) is 1. The Morgan fingerprint density at radius 1 is 1.08 bits per heavy atom. The molecular weight excluding hydrogens is 334 g/mol. The maximum atomic E-state index is 13.1. The van der Waals surface area contributed by atoms with Crippen molar-refractivity contribution in [3.63, 3.8) is 0 Å². The average Bonchev–Trinajstić information content (AvgIpc) is 3.16. The third-order valence-electron chi connectivity index (χ3n) is 6.00. The minimum Gasteiger partial charge on any atom is -0.341 e. The Kier molecular flexibility index (Phi) is 6.37. The van der Waals surface area contributed by atoms with Crippen LogP contribution in [0.25, 0.3) is 0 Å². The summed E-state index contributed by atoms with van der Waals surface area (Å²) in [4.78, 5) is 17.7. The summed E-state index contributed by atoms with van der Waals surface area (Å²) < 4.78 is 0. The smallest absolute Gasteiger partial charge is 0.240 e. The molecule has 25 heavy (non-hydrogen) atoms. The lowest BCUT2D eigenvalue weighted by atomic mass is 9.90. The van der Waals surface area contributed by atoms with Gasteiger partial charge in [0.25, 0.3) is 0 Å². The van der Waals surface area contributed by atoms with Crippen LogP contribution in [0.3, 0.4) is 0 Å². The van der Waals surface area contributed by atoms with E-state index in [1.807, 2.05) is 0 Å². The van der Waals surface area contributed by atoms with Crippen molar-refractivity contribution in [1.82, 2.24) is 15.1 Å². The fourth-order valence-electron chi connectivity index (χ4n) is 4.56. The van der Waals surface area contributed by atoms with Crippen molar-refractivity contribution in [3.05, 3.63) is 35.4 Å². The number of nitrogens with zero attached hydrogens (tertiary/aromatic N) is 2. The lowest BCUT2D eigenvalue weighted by Crippen LogP contribution is -2.52. The summed E-state index contributed by atoms with van der Waals surface area (Å²) in [7, 11) is 0. The number of fused-ring (bicyclic) bond motifs is 1. The van der Waals surface area contributed by atoms with Crippen LogP contribution in [-0.2, 0) is 17.8 Å². The third-order valence-corrected chi connectivity index (χ3v) is 6.00. The second-order valence-corrected chi connectivity index (χ2v) is 7.64. The largest absolute Gasteiger partial charge is 0.341 e. The standard InChI is InChI=1S/C20H29N3O.ClH/c24-20(22-11-3-4-12-22)19-13-17-5-1-2-6-18(17)15-23(19)14-16-7-9-21-10-8-16;/h1-2,5-6,16,19,21H,3-4,7-15H2;1H. The van der Waals surface area contributed by atoms with Crippen molar-refractivity contribution in [2.75, 3.05) is 32.7 Å². The molecule has 0 saturated carbocycles. The molecule has 2 saturated heterocycles. The summed E-state index contributed by atoms with van der Waals surface area (Å²) in [6.07, 6.45) is 5.70. The first-order valence-corrected chi connectivity index (χ1v) is 9.61. The van der Waals surface area contributed by atoms with Gasteiger partial charge in [0, 0.05) is 26.2 Å². The first kappa shape index (κ1) is 18.7. The highest BCUT2D eigenvalue weighted by molar-refractivity contribution is 5.85. The van der Waals surface area contributed by atoms with Crippen LogP contribution in [0.15, 0.2) is 24.3 Å². The Labute approximate surface area is 157 Å². The van der Waals surface area contributed by atoms with Gasteiger partial charge >= 0.3 is 0 Å². The van der Waals surface area contributed by atoms with Crippen LogP contribution in [0.5, 0.6) is 0 Å². The fraction of sp³-hybridized carbons (Fsp3) is 0.650. The number of benzene rings is 1. The average molecular weight is 364 g/mol. The normalized spacial score (nSPS) is 24.6. The molecule has 1 atom stereocenters. The third kappa shape index (κ3) is 4.18. The molecule has 4 nitrogen and oxygen atoms in total. The van der Waals surface area contributed by atoms with Gasteiger partial charge in [-0.15, -0.1) is 12.4 Å². The number of carbonyl (C=O) groups is 1. The number of likely N-dealkylation sites (tertiary alicyclic amines) is 1. The van der Waals surface area contributed by atoms with E-state index in [0.29, 0.717) is 5.91 Å². The van der Waals surface area contributed by atoms with Crippen LogP contribution >= 0.6 is 12.4 Å².